The van der Waals surface area contributed by atoms with E-state index in [1.54, 1.807) is 13.8 Å². The molecular weight excluding hydrogens is 309 g/mol. The van der Waals surface area contributed by atoms with Gasteiger partial charge in [-0.25, -0.2) is 4.79 Å². The van der Waals surface area contributed by atoms with Crippen LogP contribution in [-0.2, 0) is 4.74 Å². The van der Waals surface area contributed by atoms with Crippen molar-refractivity contribution in [1.82, 2.24) is 0 Å². The normalized spacial score (nSPS) is 11.6. The highest BCUT2D eigenvalue weighted by molar-refractivity contribution is 7.19. The smallest absolute Gasteiger partial charge is 0.405 e. The third-order valence-electron chi connectivity index (χ3n) is 2.37. The van der Waals surface area contributed by atoms with Gasteiger partial charge in [-0.15, -0.1) is 11.3 Å². The standard InChI is InChI=1S/C12H17F3N2O3S/c1-6(2)20-8-7(16)9(11(18)19-4)21-10(8)17(3)5-12(13,14)15/h6H,5,16H2,1-4H3. The van der Waals surface area contributed by atoms with E-state index in [0.29, 0.717) is 0 Å². The van der Waals surface area contributed by atoms with Crippen molar-refractivity contribution in [3.05, 3.63) is 4.88 Å². The van der Waals surface area contributed by atoms with Gasteiger partial charge >= 0.3 is 12.1 Å². The van der Waals surface area contributed by atoms with Crippen LogP contribution in [0.15, 0.2) is 0 Å². The average molecular weight is 326 g/mol. The number of rotatable bonds is 5. The number of carbonyl (C=O) groups excluding carboxylic acids is 1. The summed E-state index contributed by atoms with van der Waals surface area (Å²) in [6.45, 7) is 2.24. The molecule has 5 nitrogen and oxygen atoms in total. The number of halogens is 3. The van der Waals surface area contributed by atoms with E-state index < -0.39 is 18.7 Å². The number of carbonyl (C=O) groups is 1. The number of esters is 1. The number of nitrogens with two attached hydrogens (primary N) is 1. The van der Waals surface area contributed by atoms with Gasteiger partial charge in [-0.1, -0.05) is 0 Å². The van der Waals surface area contributed by atoms with Crippen LogP contribution in [-0.4, -0.2) is 39.0 Å². The number of hydrogen-bond acceptors (Lipinski definition) is 6. The van der Waals surface area contributed by atoms with E-state index >= 15 is 0 Å². The summed E-state index contributed by atoms with van der Waals surface area (Å²) in [6, 6.07) is 0. The Kier molecular flexibility index (Phi) is 5.32. The number of anilines is 2. The van der Waals surface area contributed by atoms with Gasteiger partial charge < -0.3 is 20.1 Å². The van der Waals surface area contributed by atoms with Crippen LogP contribution in [0.2, 0.25) is 0 Å². The van der Waals surface area contributed by atoms with Gasteiger partial charge in [0.2, 0.25) is 0 Å². The van der Waals surface area contributed by atoms with Gasteiger partial charge in [-0.2, -0.15) is 13.2 Å². The predicted octanol–water partition coefficient (Wildman–Crippen LogP) is 2.90. The number of methoxy groups -OCH3 is 1. The van der Waals surface area contributed by atoms with Gasteiger partial charge in [0, 0.05) is 7.05 Å². The zero-order chi connectivity index (χ0) is 16.4. The molecule has 9 heteroatoms. The topological polar surface area (TPSA) is 64.8 Å². The van der Waals surface area contributed by atoms with E-state index in [0.717, 1.165) is 16.2 Å². The van der Waals surface area contributed by atoms with Gasteiger partial charge in [-0.05, 0) is 13.8 Å². The molecule has 21 heavy (non-hydrogen) atoms. The third-order valence-corrected chi connectivity index (χ3v) is 3.65. The fourth-order valence-corrected chi connectivity index (χ4v) is 2.64. The van der Waals surface area contributed by atoms with Crippen LogP contribution in [0.1, 0.15) is 23.5 Å². The maximum absolute atomic E-state index is 12.5. The summed E-state index contributed by atoms with van der Waals surface area (Å²) in [5.74, 6) is -0.639. The van der Waals surface area contributed by atoms with Crippen LogP contribution in [0, 0.1) is 0 Å². The highest BCUT2D eigenvalue weighted by Gasteiger charge is 2.33. The number of thiophene rings is 1. The minimum Gasteiger partial charge on any atom is -0.486 e. The number of hydrogen-bond donors (Lipinski definition) is 1. The maximum atomic E-state index is 12.5. The minimum atomic E-state index is -4.38. The summed E-state index contributed by atoms with van der Waals surface area (Å²) in [4.78, 5) is 12.6. The predicted molar refractivity (Wildman–Crippen MR) is 75.2 cm³/mol. The van der Waals surface area contributed by atoms with Crippen molar-refractivity contribution in [1.29, 1.82) is 0 Å². The molecule has 0 amide bonds. The number of ether oxygens (including phenoxy) is 2. The van der Waals surface area contributed by atoms with Crippen molar-refractivity contribution < 1.29 is 27.4 Å². The highest BCUT2D eigenvalue weighted by atomic mass is 32.1. The van der Waals surface area contributed by atoms with E-state index in [1.807, 2.05) is 0 Å². The summed E-state index contributed by atoms with van der Waals surface area (Å²) in [6.07, 6.45) is -4.68. The van der Waals surface area contributed by atoms with Gasteiger partial charge in [0.1, 0.15) is 22.1 Å². The highest BCUT2D eigenvalue weighted by Crippen LogP contribution is 2.45. The van der Waals surface area contributed by atoms with Crippen LogP contribution < -0.4 is 15.4 Å². The molecule has 0 spiro atoms. The molecule has 1 rings (SSSR count). The second kappa shape index (κ2) is 6.42. The Morgan fingerprint density at radius 2 is 2.00 bits per heavy atom. The van der Waals surface area contributed by atoms with Crippen molar-refractivity contribution in [2.75, 3.05) is 31.3 Å². The molecule has 0 saturated heterocycles. The largest absolute Gasteiger partial charge is 0.486 e. The lowest BCUT2D eigenvalue weighted by Gasteiger charge is -2.21. The van der Waals surface area contributed by atoms with Crippen LogP contribution >= 0.6 is 11.3 Å². The zero-order valence-corrected chi connectivity index (χ0v) is 12.9. The molecule has 1 heterocycles. The summed E-state index contributed by atoms with van der Waals surface area (Å²) in [5.41, 5.74) is 5.80. The monoisotopic (exact) mass is 326 g/mol. The lowest BCUT2D eigenvalue weighted by molar-refractivity contribution is -0.119. The summed E-state index contributed by atoms with van der Waals surface area (Å²) >= 11 is 0.811. The molecule has 0 saturated carbocycles. The Morgan fingerprint density at radius 3 is 2.43 bits per heavy atom. The van der Waals surface area contributed by atoms with Crippen molar-refractivity contribution in [3.63, 3.8) is 0 Å². The molecule has 0 bridgehead atoms. The molecule has 120 valence electrons. The molecule has 0 aliphatic carbocycles. The number of nitrogens with zero attached hydrogens (tertiary/aromatic N) is 1. The van der Waals surface area contributed by atoms with E-state index in [1.165, 1.54) is 14.2 Å². The average Bonchev–Trinajstić information content (AvgIpc) is 2.64. The van der Waals surface area contributed by atoms with E-state index in [-0.39, 0.29) is 27.4 Å². The minimum absolute atomic E-state index is 0.00965. The molecule has 1 aromatic rings. The molecule has 0 fully saturated rings. The van der Waals surface area contributed by atoms with Crippen LogP contribution in [0.3, 0.4) is 0 Å². The molecular formula is C12H17F3N2O3S. The second-order valence-electron chi connectivity index (χ2n) is 4.61. The maximum Gasteiger partial charge on any atom is 0.405 e. The van der Waals surface area contributed by atoms with E-state index in [9.17, 15) is 18.0 Å². The number of nitrogen functional groups attached to an aromatic ring is 1. The van der Waals surface area contributed by atoms with Crippen LogP contribution in [0.25, 0.3) is 0 Å². The fraction of sp³-hybridized carbons (Fsp3) is 0.583. The molecule has 0 aliphatic heterocycles. The van der Waals surface area contributed by atoms with Crippen molar-refractivity contribution >= 4 is 28.0 Å². The fourth-order valence-electron chi connectivity index (χ4n) is 1.60. The lowest BCUT2D eigenvalue weighted by atomic mass is 10.3. The SMILES string of the molecule is COC(=O)c1sc(N(C)CC(F)(F)F)c(OC(C)C)c1N. The molecule has 0 atom stereocenters. The first-order chi connectivity index (χ1) is 9.56. The third kappa shape index (κ3) is 4.42. The summed E-state index contributed by atoms with van der Waals surface area (Å²) < 4.78 is 47.6. The number of alkyl halides is 3. The molecule has 2 N–H and O–H groups in total. The first kappa shape index (κ1) is 17.4. The van der Waals surface area contributed by atoms with Gasteiger partial charge in [-0.3, -0.25) is 0 Å². The lowest BCUT2D eigenvalue weighted by Crippen LogP contribution is -2.30. The van der Waals surface area contributed by atoms with Gasteiger partial charge in [0.25, 0.3) is 0 Å². The molecule has 0 aromatic carbocycles. The van der Waals surface area contributed by atoms with Crippen molar-refractivity contribution in [2.24, 2.45) is 0 Å². The zero-order valence-electron chi connectivity index (χ0n) is 12.1. The van der Waals surface area contributed by atoms with Crippen LogP contribution in [0.5, 0.6) is 5.75 Å². The van der Waals surface area contributed by atoms with Crippen molar-refractivity contribution in [3.8, 4) is 5.75 Å². The quantitative estimate of drug-likeness (QED) is 0.843. The van der Waals surface area contributed by atoms with E-state index in [4.69, 9.17) is 10.5 Å². The van der Waals surface area contributed by atoms with Crippen molar-refractivity contribution in [2.45, 2.75) is 26.1 Å². The molecule has 0 unspecified atom stereocenters. The summed E-state index contributed by atoms with van der Waals surface area (Å²) in [7, 11) is 2.43. The van der Waals surface area contributed by atoms with Crippen LogP contribution in [0.4, 0.5) is 23.9 Å². The van der Waals surface area contributed by atoms with Gasteiger partial charge in [0.05, 0.1) is 13.2 Å². The Labute approximate surface area is 124 Å². The first-order valence-electron chi connectivity index (χ1n) is 6.02. The Bertz CT molecular complexity index is 515. The second-order valence-corrected chi connectivity index (χ2v) is 5.61. The first-order valence-corrected chi connectivity index (χ1v) is 6.83. The Hall–Kier alpha value is -1.64. The van der Waals surface area contributed by atoms with Gasteiger partial charge in [0.15, 0.2) is 5.75 Å². The molecule has 0 aliphatic rings. The summed E-state index contributed by atoms with van der Waals surface area (Å²) in [5, 5.41) is 0.138. The Morgan fingerprint density at radius 1 is 1.43 bits per heavy atom. The molecule has 0 radical (unpaired) electrons. The molecule has 1 aromatic heterocycles. The Balaban J connectivity index is 3.25. The van der Waals surface area contributed by atoms with E-state index in [2.05, 4.69) is 4.74 Å².